The summed E-state index contributed by atoms with van der Waals surface area (Å²) >= 11 is 5.78. The van der Waals surface area contributed by atoms with E-state index in [1.807, 2.05) is 4.90 Å². The highest BCUT2D eigenvalue weighted by Gasteiger charge is 2.55. The lowest BCUT2D eigenvalue weighted by molar-refractivity contribution is 0.0951. The van der Waals surface area contributed by atoms with Gasteiger partial charge in [-0.2, -0.15) is 15.1 Å². The zero-order valence-electron chi connectivity index (χ0n) is 14.7. The average molecular weight is 403 g/mol. The highest BCUT2D eigenvalue weighted by Crippen LogP contribution is 2.54. The number of fused-ring (bicyclic) bond motifs is 2. The van der Waals surface area contributed by atoms with Crippen molar-refractivity contribution in [3.8, 4) is 0 Å². The predicted molar refractivity (Wildman–Crippen MR) is 97.4 cm³/mol. The molecule has 144 valence electrons. The van der Waals surface area contributed by atoms with Crippen LogP contribution in [0.3, 0.4) is 0 Å². The zero-order valence-corrected chi connectivity index (χ0v) is 15.4. The largest absolute Gasteiger partial charge is 0.353 e. The van der Waals surface area contributed by atoms with Crippen molar-refractivity contribution in [3.05, 3.63) is 41.6 Å². The molecule has 1 saturated heterocycles. The molecule has 2 fully saturated rings. The summed E-state index contributed by atoms with van der Waals surface area (Å²) in [6, 6.07) is 0. The third kappa shape index (κ3) is 3.03. The predicted octanol–water partition coefficient (Wildman–Crippen LogP) is 1.21. The molecule has 1 aliphatic carbocycles. The number of anilines is 1. The topological polar surface area (TPSA) is 101 Å². The van der Waals surface area contributed by atoms with Gasteiger partial charge in [-0.25, -0.2) is 18.9 Å². The van der Waals surface area contributed by atoms with Gasteiger partial charge in [-0.05, 0) is 35.8 Å². The van der Waals surface area contributed by atoms with E-state index in [9.17, 15) is 9.18 Å². The molecule has 1 unspecified atom stereocenters. The van der Waals surface area contributed by atoms with Crippen LogP contribution in [0.25, 0.3) is 5.78 Å². The van der Waals surface area contributed by atoms with E-state index in [4.69, 9.17) is 11.6 Å². The van der Waals surface area contributed by atoms with Crippen LogP contribution < -0.4 is 10.2 Å². The quantitative estimate of drug-likeness (QED) is 0.640. The lowest BCUT2D eigenvalue weighted by Crippen LogP contribution is -2.28. The average Bonchev–Trinajstić information content (AvgIpc) is 3.08. The molecule has 0 radical (unpaired) electrons. The number of halogens is 2. The second-order valence-electron chi connectivity index (χ2n) is 7.10. The first kappa shape index (κ1) is 17.2. The second kappa shape index (κ2) is 6.62. The maximum absolute atomic E-state index is 13.9. The maximum Gasteiger partial charge on any atom is 0.254 e. The van der Waals surface area contributed by atoms with E-state index in [0.29, 0.717) is 35.6 Å². The highest BCUT2D eigenvalue weighted by atomic mass is 35.5. The van der Waals surface area contributed by atoms with Gasteiger partial charge >= 0.3 is 0 Å². The van der Waals surface area contributed by atoms with Crippen LogP contribution in [0.5, 0.6) is 0 Å². The SMILES string of the molecule is O=C(NCCC1[C@H]2CN(c3nc(Cl)ncc3F)C[C@@H]12)c1cnc2ncnn2c1. The van der Waals surface area contributed by atoms with Crippen LogP contribution in [0.4, 0.5) is 10.2 Å². The molecule has 0 bridgehead atoms. The Kier molecular flexibility index (Phi) is 4.08. The monoisotopic (exact) mass is 402 g/mol. The van der Waals surface area contributed by atoms with E-state index in [1.165, 1.54) is 17.0 Å². The Morgan fingerprint density at radius 1 is 1.25 bits per heavy atom. The number of carbonyl (C=O) groups excluding carboxylic acids is 1. The third-order valence-electron chi connectivity index (χ3n) is 5.53. The van der Waals surface area contributed by atoms with Crippen LogP contribution in [-0.4, -0.2) is 55.1 Å². The van der Waals surface area contributed by atoms with Crippen molar-refractivity contribution in [2.45, 2.75) is 6.42 Å². The Morgan fingerprint density at radius 2 is 2.07 bits per heavy atom. The Morgan fingerprint density at radius 3 is 2.89 bits per heavy atom. The van der Waals surface area contributed by atoms with Crippen molar-refractivity contribution in [2.24, 2.45) is 17.8 Å². The molecular weight excluding hydrogens is 387 g/mol. The molecule has 1 amide bonds. The first-order valence-electron chi connectivity index (χ1n) is 8.97. The number of nitrogens with one attached hydrogen (secondary N) is 1. The first-order valence-corrected chi connectivity index (χ1v) is 9.34. The Balaban J connectivity index is 1.12. The summed E-state index contributed by atoms with van der Waals surface area (Å²) in [4.78, 5) is 29.9. The summed E-state index contributed by atoms with van der Waals surface area (Å²) < 4.78 is 15.4. The number of amides is 1. The Hall–Kier alpha value is -2.88. The molecule has 3 aromatic rings. The van der Waals surface area contributed by atoms with Gasteiger partial charge in [-0.1, -0.05) is 0 Å². The van der Waals surface area contributed by atoms with Crippen LogP contribution >= 0.6 is 11.6 Å². The van der Waals surface area contributed by atoms with Crippen molar-refractivity contribution < 1.29 is 9.18 Å². The van der Waals surface area contributed by atoms with Crippen LogP contribution in [0, 0.1) is 23.6 Å². The molecule has 0 spiro atoms. The molecule has 1 N–H and O–H groups in total. The molecule has 3 aromatic heterocycles. The standard InChI is InChI=1S/C17H16ClFN8O/c18-16-21-4-13(19)14(25-16)26-6-11-10(12(11)7-26)1-2-20-15(28)9-3-22-17-23-8-24-27(17)5-9/h3-5,8,10-12H,1-2,6-7H2,(H,20,28)/t10?,11-,12+. The summed E-state index contributed by atoms with van der Waals surface area (Å²) in [7, 11) is 0. The molecule has 11 heteroatoms. The minimum atomic E-state index is -0.451. The minimum Gasteiger partial charge on any atom is -0.353 e. The number of aromatic nitrogens is 6. The summed E-state index contributed by atoms with van der Waals surface area (Å²) in [6.45, 7) is 2.08. The minimum absolute atomic E-state index is 0.0507. The molecule has 4 heterocycles. The molecule has 3 atom stereocenters. The van der Waals surface area contributed by atoms with Gasteiger partial charge in [0.1, 0.15) is 6.33 Å². The van der Waals surface area contributed by atoms with Crippen LogP contribution in [0.1, 0.15) is 16.8 Å². The van der Waals surface area contributed by atoms with Gasteiger partial charge < -0.3 is 10.2 Å². The van der Waals surface area contributed by atoms with Gasteiger partial charge in [0, 0.05) is 32.0 Å². The fourth-order valence-corrected chi connectivity index (χ4v) is 4.23. The van der Waals surface area contributed by atoms with Gasteiger partial charge in [-0.3, -0.25) is 4.79 Å². The number of piperidine rings is 1. The number of hydrogen-bond donors (Lipinski definition) is 1. The lowest BCUT2D eigenvalue weighted by Gasteiger charge is -2.21. The maximum atomic E-state index is 13.9. The van der Waals surface area contributed by atoms with E-state index in [0.717, 1.165) is 25.7 Å². The molecule has 9 nitrogen and oxygen atoms in total. The van der Waals surface area contributed by atoms with E-state index in [-0.39, 0.29) is 17.0 Å². The van der Waals surface area contributed by atoms with Crippen LogP contribution in [0.15, 0.2) is 24.9 Å². The summed E-state index contributed by atoms with van der Waals surface area (Å²) in [5, 5.41) is 6.95. The molecule has 5 rings (SSSR count). The summed E-state index contributed by atoms with van der Waals surface area (Å²) in [6.07, 6.45) is 6.48. The van der Waals surface area contributed by atoms with E-state index >= 15 is 0 Å². The lowest BCUT2D eigenvalue weighted by atomic mass is 10.2. The van der Waals surface area contributed by atoms with Crippen LogP contribution in [0.2, 0.25) is 5.28 Å². The van der Waals surface area contributed by atoms with Gasteiger partial charge in [0.15, 0.2) is 11.6 Å². The Bertz CT molecular complexity index is 1050. The van der Waals surface area contributed by atoms with Crippen LogP contribution in [-0.2, 0) is 0 Å². The van der Waals surface area contributed by atoms with E-state index in [2.05, 4.69) is 30.4 Å². The van der Waals surface area contributed by atoms with E-state index in [1.54, 1.807) is 6.20 Å². The van der Waals surface area contributed by atoms with Crippen molar-refractivity contribution in [1.82, 2.24) is 34.9 Å². The zero-order chi connectivity index (χ0) is 19.3. The number of nitrogens with zero attached hydrogens (tertiary/aromatic N) is 7. The molecule has 28 heavy (non-hydrogen) atoms. The van der Waals surface area contributed by atoms with Crippen molar-refractivity contribution in [2.75, 3.05) is 24.5 Å². The number of hydrogen-bond acceptors (Lipinski definition) is 7. The molecule has 0 aromatic carbocycles. The number of carbonyl (C=O) groups is 1. The van der Waals surface area contributed by atoms with Gasteiger partial charge in [0.25, 0.3) is 11.7 Å². The van der Waals surface area contributed by atoms with Gasteiger partial charge in [0.2, 0.25) is 5.28 Å². The summed E-state index contributed by atoms with van der Waals surface area (Å²) in [5.41, 5.74) is 0.441. The van der Waals surface area contributed by atoms with E-state index < -0.39 is 5.82 Å². The number of rotatable bonds is 5. The van der Waals surface area contributed by atoms with Gasteiger partial charge in [-0.15, -0.1) is 0 Å². The second-order valence-corrected chi connectivity index (χ2v) is 7.44. The fraction of sp³-hybridized carbons (Fsp3) is 0.412. The molecule has 2 aliphatic rings. The normalized spacial score (nSPS) is 23.1. The summed E-state index contributed by atoms with van der Waals surface area (Å²) in [5.74, 6) is 1.62. The third-order valence-corrected chi connectivity index (χ3v) is 5.71. The Labute approximate surface area is 164 Å². The molecular formula is C17H16ClFN8O. The van der Waals surface area contributed by atoms with Crippen molar-refractivity contribution >= 4 is 29.1 Å². The van der Waals surface area contributed by atoms with Gasteiger partial charge in [0.05, 0.1) is 11.8 Å². The molecule has 1 aliphatic heterocycles. The fourth-order valence-electron chi connectivity index (χ4n) is 4.10. The van der Waals surface area contributed by atoms with Crippen molar-refractivity contribution in [3.63, 3.8) is 0 Å². The van der Waals surface area contributed by atoms with Crippen molar-refractivity contribution in [1.29, 1.82) is 0 Å². The highest BCUT2D eigenvalue weighted by molar-refractivity contribution is 6.28. The molecule has 1 saturated carbocycles. The first-order chi connectivity index (χ1) is 13.6. The smallest absolute Gasteiger partial charge is 0.254 e.